The van der Waals surface area contributed by atoms with Crippen LogP contribution in [-0.2, 0) is 0 Å². The van der Waals surface area contributed by atoms with Crippen LogP contribution in [0.5, 0.6) is 0 Å². The molecule has 0 aliphatic rings. The Labute approximate surface area is 144 Å². The van der Waals surface area contributed by atoms with Crippen molar-refractivity contribution >= 4 is 33.4 Å². The first-order valence-corrected chi connectivity index (χ1v) is 8.27. The highest BCUT2D eigenvalue weighted by Gasteiger charge is 2.14. The molecule has 0 unspecified atom stereocenters. The third-order valence-electron chi connectivity index (χ3n) is 3.39. The van der Waals surface area contributed by atoms with Gasteiger partial charge in [-0.2, -0.15) is 0 Å². The molecule has 0 aromatic heterocycles. The molecular formula is C18H19BrN2O2. The van der Waals surface area contributed by atoms with Gasteiger partial charge < -0.3 is 10.6 Å². The van der Waals surface area contributed by atoms with Crippen molar-refractivity contribution in [1.82, 2.24) is 5.32 Å². The molecule has 0 fully saturated rings. The number of carbonyl (C=O) groups is 2. The molecule has 2 amide bonds. The number of rotatable bonds is 5. The molecule has 0 heterocycles. The fraction of sp³-hybridized carbons (Fsp3) is 0.222. The molecule has 5 heteroatoms. The van der Waals surface area contributed by atoms with Crippen LogP contribution in [0.4, 0.5) is 5.69 Å². The molecule has 0 saturated heterocycles. The van der Waals surface area contributed by atoms with Crippen LogP contribution in [0.25, 0.3) is 0 Å². The molecule has 4 nitrogen and oxygen atoms in total. The number of hydrogen-bond donors (Lipinski definition) is 2. The van der Waals surface area contributed by atoms with E-state index in [1.807, 2.05) is 19.9 Å². The summed E-state index contributed by atoms with van der Waals surface area (Å²) in [6, 6.07) is 12.4. The van der Waals surface area contributed by atoms with Gasteiger partial charge in [0, 0.05) is 16.6 Å². The number of carbonyl (C=O) groups excluding carboxylic acids is 2. The second kappa shape index (κ2) is 7.92. The summed E-state index contributed by atoms with van der Waals surface area (Å²) in [6.07, 6.45) is 0.859. The van der Waals surface area contributed by atoms with Gasteiger partial charge in [-0.05, 0) is 43.2 Å². The van der Waals surface area contributed by atoms with Crippen molar-refractivity contribution in [3.8, 4) is 0 Å². The quantitative estimate of drug-likeness (QED) is 0.825. The fourth-order valence-electron chi connectivity index (χ4n) is 2.05. The summed E-state index contributed by atoms with van der Waals surface area (Å²) in [5.74, 6) is -0.436. The number of anilines is 1. The summed E-state index contributed by atoms with van der Waals surface area (Å²) >= 11 is 3.42. The van der Waals surface area contributed by atoms with Gasteiger partial charge in [-0.15, -0.1) is 0 Å². The lowest BCUT2D eigenvalue weighted by atomic mass is 10.1. The van der Waals surface area contributed by atoms with E-state index in [0.717, 1.165) is 16.5 Å². The van der Waals surface area contributed by atoms with Crippen LogP contribution < -0.4 is 10.6 Å². The zero-order valence-electron chi connectivity index (χ0n) is 13.2. The SMILES string of the molecule is CCCNC(=O)c1ccccc1NC(=O)c1ccc(C)c(Br)c1. The van der Waals surface area contributed by atoms with E-state index < -0.39 is 0 Å². The summed E-state index contributed by atoms with van der Waals surface area (Å²) in [5.41, 5.74) is 2.55. The first kappa shape index (κ1) is 17.2. The second-order valence-corrected chi connectivity index (χ2v) is 6.07. The van der Waals surface area contributed by atoms with Gasteiger partial charge in [-0.3, -0.25) is 9.59 Å². The number of halogens is 1. The monoisotopic (exact) mass is 374 g/mol. The number of para-hydroxylation sites is 1. The van der Waals surface area contributed by atoms with E-state index in [2.05, 4.69) is 26.6 Å². The van der Waals surface area contributed by atoms with Crippen molar-refractivity contribution in [3.05, 3.63) is 63.6 Å². The fourth-order valence-corrected chi connectivity index (χ4v) is 2.43. The van der Waals surface area contributed by atoms with E-state index in [4.69, 9.17) is 0 Å². The van der Waals surface area contributed by atoms with Gasteiger partial charge in [-0.1, -0.05) is 41.1 Å². The number of nitrogens with one attached hydrogen (secondary N) is 2. The van der Waals surface area contributed by atoms with Crippen molar-refractivity contribution in [2.75, 3.05) is 11.9 Å². The molecule has 0 radical (unpaired) electrons. The van der Waals surface area contributed by atoms with Gasteiger partial charge in [0.25, 0.3) is 11.8 Å². The van der Waals surface area contributed by atoms with Crippen molar-refractivity contribution in [1.29, 1.82) is 0 Å². The Morgan fingerprint density at radius 3 is 2.52 bits per heavy atom. The average Bonchev–Trinajstić information content (AvgIpc) is 2.55. The Morgan fingerprint density at radius 1 is 1.09 bits per heavy atom. The molecular weight excluding hydrogens is 356 g/mol. The van der Waals surface area contributed by atoms with Crippen LogP contribution in [0.3, 0.4) is 0 Å². The normalized spacial score (nSPS) is 10.2. The number of aryl methyl sites for hydroxylation is 1. The molecule has 2 aromatic rings. The van der Waals surface area contributed by atoms with Gasteiger partial charge in [0.05, 0.1) is 11.3 Å². The summed E-state index contributed by atoms with van der Waals surface area (Å²) < 4.78 is 0.874. The molecule has 23 heavy (non-hydrogen) atoms. The minimum absolute atomic E-state index is 0.187. The third kappa shape index (κ3) is 4.42. The maximum atomic E-state index is 12.4. The van der Waals surface area contributed by atoms with Gasteiger partial charge in [0.15, 0.2) is 0 Å². The lowest BCUT2D eigenvalue weighted by Gasteiger charge is -2.11. The predicted octanol–water partition coefficient (Wildman–Crippen LogP) is 4.15. The van der Waals surface area contributed by atoms with E-state index >= 15 is 0 Å². The molecule has 0 atom stereocenters. The maximum absolute atomic E-state index is 12.4. The van der Waals surface area contributed by atoms with Crippen molar-refractivity contribution in [3.63, 3.8) is 0 Å². The van der Waals surface area contributed by atoms with E-state index in [1.54, 1.807) is 36.4 Å². The molecule has 2 N–H and O–H groups in total. The Balaban J connectivity index is 2.20. The lowest BCUT2D eigenvalue weighted by molar-refractivity contribution is 0.0954. The van der Waals surface area contributed by atoms with E-state index in [9.17, 15) is 9.59 Å². The molecule has 120 valence electrons. The Bertz CT molecular complexity index is 729. The Morgan fingerprint density at radius 2 is 1.83 bits per heavy atom. The highest BCUT2D eigenvalue weighted by atomic mass is 79.9. The third-order valence-corrected chi connectivity index (χ3v) is 4.24. The van der Waals surface area contributed by atoms with Crippen molar-refractivity contribution in [2.45, 2.75) is 20.3 Å². The summed E-state index contributed by atoms with van der Waals surface area (Å²) in [5, 5.41) is 5.63. The van der Waals surface area contributed by atoms with Crippen LogP contribution in [-0.4, -0.2) is 18.4 Å². The highest BCUT2D eigenvalue weighted by molar-refractivity contribution is 9.10. The molecule has 0 aliphatic heterocycles. The smallest absolute Gasteiger partial charge is 0.255 e. The van der Waals surface area contributed by atoms with Crippen molar-refractivity contribution < 1.29 is 9.59 Å². The summed E-state index contributed by atoms with van der Waals surface area (Å²) in [4.78, 5) is 24.6. The first-order valence-electron chi connectivity index (χ1n) is 7.47. The average molecular weight is 375 g/mol. The lowest BCUT2D eigenvalue weighted by Crippen LogP contribution is -2.25. The molecule has 2 rings (SSSR count). The summed E-state index contributed by atoms with van der Waals surface area (Å²) in [6.45, 7) is 4.55. The number of amides is 2. The highest BCUT2D eigenvalue weighted by Crippen LogP contribution is 2.20. The van der Waals surface area contributed by atoms with Gasteiger partial charge in [-0.25, -0.2) is 0 Å². The van der Waals surface area contributed by atoms with E-state index in [0.29, 0.717) is 23.4 Å². The minimum atomic E-state index is -0.249. The minimum Gasteiger partial charge on any atom is -0.352 e. The standard InChI is InChI=1S/C18H19BrN2O2/c1-3-10-20-18(23)14-6-4-5-7-16(14)21-17(22)13-9-8-12(2)15(19)11-13/h4-9,11H,3,10H2,1-2H3,(H,20,23)(H,21,22). The van der Waals surface area contributed by atoms with Crippen LogP contribution >= 0.6 is 15.9 Å². The maximum Gasteiger partial charge on any atom is 0.255 e. The van der Waals surface area contributed by atoms with E-state index in [1.165, 1.54) is 0 Å². The first-order chi connectivity index (χ1) is 11.0. The Kier molecular flexibility index (Phi) is 5.93. The van der Waals surface area contributed by atoms with Crippen LogP contribution in [0.1, 0.15) is 39.6 Å². The molecule has 0 spiro atoms. The molecule has 0 saturated carbocycles. The molecule has 0 aliphatic carbocycles. The predicted molar refractivity (Wildman–Crippen MR) is 95.9 cm³/mol. The largest absolute Gasteiger partial charge is 0.352 e. The zero-order chi connectivity index (χ0) is 16.8. The molecule has 2 aromatic carbocycles. The Hall–Kier alpha value is -2.14. The topological polar surface area (TPSA) is 58.2 Å². The second-order valence-electron chi connectivity index (χ2n) is 5.22. The van der Waals surface area contributed by atoms with E-state index in [-0.39, 0.29) is 11.8 Å². The molecule has 0 bridgehead atoms. The van der Waals surface area contributed by atoms with Gasteiger partial charge in [0.1, 0.15) is 0 Å². The number of hydrogen-bond acceptors (Lipinski definition) is 2. The number of benzene rings is 2. The van der Waals surface area contributed by atoms with Crippen LogP contribution in [0.2, 0.25) is 0 Å². The zero-order valence-corrected chi connectivity index (χ0v) is 14.7. The van der Waals surface area contributed by atoms with Gasteiger partial charge in [0.2, 0.25) is 0 Å². The van der Waals surface area contributed by atoms with Crippen molar-refractivity contribution in [2.24, 2.45) is 0 Å². The van der Waals surface area contributed by atoms with Crippen LogP contribution in [0, 0.1) is 6.92 Å². The van der Waals surface area contributed by atoms with Gasteiger partial charge >= 0.3 is 0 Å². The summed E-state index contributed by atoms with van der Waals surface area (Å²) in [7, 11) is 0. The van der Waals surface area contributed by atoms with Crippen LogP contribution in [0.15, 0.2) is 46.9 Å².